The van der Waals surface area contributed by atoms with Gasteiger partial charge in [0.1, 0.15) is 12.4 Å². The van der Waals surface area contributed by atoms with Crippen molar-refractivity contribution in [2.75, 3.05) is 20.1 Å². The maximum Gasteiger partial charge on any atom is 0.225 e. The highest BCUT2D eigenvalue weighted by Crippen LogP contribution is 2.27. The maximum absolute atomic E-state index is 12.7. The van der Waals surface area contributed by atoms with E-state index in [1.165, 1.54) is 11.1 Å². The lowest BCUT2D eigenvalue weighted by Crippen LogP contribution is -2.49. The molecule has 1 saturated heterocycles. The molecule has 1 N–H and O–H groups in total. The van der Waals surface area contributed by atoms with Crippen LogP contribution in [0.1, 0.15) is 34.7 Å². The van der Waals surface area contributed by atoms with Crippen LogP contribution in [0.15, 0.2) is 36.4 Å². The van der Waals surface area contributed by atoms with Gasteiger partial charge in [-0.1, -0.05) is 43.3 Å². The number of hydrogen-bond donors (Lipinski definition) is 1. The number of carbonyl (C=O) groups is 1. The molecule has 1 aliphatic heterocycles. The fourth-order valence-corrected chi connectivity index (χ4v) is 3.85. The van der Waals surface area contributed by atoms with Crippen LogP contribution < -0.4 is 10.1 Å². The third kappa shape index (κ3) is 4.56. The summed E-state index contributed by atoms with van der Waals surface area (Å²) >= 11 is 0. The van der Waals surface area contributed by atoms with Gasteiger partial charge in [-0.15, -0.1) is 0 Å². The minimum absolute atomic E-state index is 0.0742. The van der Waals surface area contributed by atoms with Crippen LogP contribution in [0.2, 0.25) is 0 Å². The highest BCUT2D eigenvalue weighted by atomic mass is 16.5. The first-order valence-electron chi connectivity index (χ1n) is 10.1. The molecule has 0 aromatic heterocycles. The Hall–Kier alpha value is -2.33. The number of nitrogens with zero attached hydrogens (tertiary/aromatic N) is 1. The zero-order valence-corrected chi connectivity index (χ0v) is 17.7. The van der Waals surface area contributed by atoms with Gasteiger partial charge in [0.2, 0.25) is 5.91 Å². The van der Waals surface area contributed by atoms with Crippen LogP contribution in [0, 0.1) is 32.6 Å². The van der Waals surface area contributed by atoms with Crippen molar-refractivity contribution >= 4 is 5.91 Å². The van der Waals surface area contributed by atoms with Gasteiger partial charge in [-0.05, 0) is 67.6 Å². The van der Waals surface area contributed by atoms with Crippen molar-refractivity contribution in [3.63, 3.8) is 0 Å². The summed E-state index contributed by atoms with van der Waals surface area (Å²) in [6.07, 6.45) is 0. The number of benzene rings is 2. The van der Waals surface area contributed by atoms with Gasteiger partial charge < -0.3 is 15.0 Å². The number of ether oxygens (including phenoxy) is 1. The largest absolute Gasteiger partial charge is 0.488 e. The summed E-state index contributed by atoms with van der Waals surface area (Å²) in [5.74, 6) is 1.71. The number of nitrogens with one attached hydrogen (secondary N) is 1. The Bertz CT molecular complexity index is 819. The molecule has 28 heavy (non-hydrogen) atoms. The van der Waals surface area contributed by atoms with E-state index in [0.717, 1.165) is 35.5 Å². The van der Waals surface area contributed by atoms with Gasteiger partial charge in [-0.25, -0.2) is 0 Å². The van der Waals surface area contributed by atoms with Crippen LogP contribution in [-0.4, -0.2) is 30.9 Å². The molecule has 0 bridgehead atoms. The molecule has 1 unspecified atom stereocenters. The van der Waals surface area contributed by atoms with E-state index in [0.29, 0.717) is 19.1 Å². The first-order valence-corrected chi connectivity index (χ1v) is 10.1. The molecule has 1 amide bonds. The molecular weight excluding hydrogens is 348 g/mol. The summed E-state index contributed by atoms with van der Waals surface area (Å²) in [7, 11) is 1.90. The van der Waals surface area contributed by atoms with E-state index in [1.807, 2.05) is 31.0 Å². The van der Waals surface area contributed by atoms with E-state index >= 15 is 0 Å². The molecule has 0 radical (unpaired) electrons. The second kappa shape index (κ2) is 8.78. The Morgan fingerprint density at radius 2 is 1.79 bits per heavy atom. The van der Waals surface area contributed by atoms with Gasteiger partial charge in [0.05, 0.1) is 0 Å². The van der Waals surface area contributed by atoms with Gasteiger partial charge in [-0.2, -0.15) is 0 Å². The van der Waals surface area contributed by atoms with Crippen LogP contribution >= 0.6 is 0 Å². The Balaban J connectivity index is 1.65. The third-order valence-electron chi connectivity index (χ3n) is 5.86. The highest BCUT2D eigenvalue weighted by molar-refractivity contribution is 5.78. The predicted octanol–water partition coefficient (Wildman–Crippen LogP) is 4.00. The highest BCUT2D eigenvalue weighted by Gasteiger charge is 2.30. The van der Waals surface area contributed by atoms with Crippen molar-refractivity contribution in [3.8, 4) is 5.75 Å². The van der Waals surface area contributed by atoms with Crippen LogP contribution in [0.3, 0.4) is 0 Å². The standard InChI is InChI=1S/C24H32N2O2/c1-16-8-6-7-9-21(16)15-28-23-17(2)10-20(11-18(23)3)14-26(5)24(27)19(4)22-12-25-13-22/h6-11,19,22,25H,12-15H2,1-5H3. The molecular formula is C24H32N2O2. The lowest BCUT2D eigenvalue weighted by Gasteiger charge is -2.34. The molecule has 4 nitrogen and oxygen atoms in total. The average molecular weight is 381 g/mol. The molecule has 2 aromatic rings. The SMILES string of the molecule is Cc1ccccc1COc1c(C)cc(CN(C)C(=O)C(C)C2CNC2)cc1C. The predicted molar refractivity (Wildman–Crippen MR) is 113 cm³/mol. The summed E-state index contributed by atoms with van der Waals surface area (Å²) < 4.78 is 6.15. The second-order valence-electron chi connectivity index (χ2n) is 8.18. The van der Waals surface area contributed by atoms with Crippen LogP contribution in [0.25, 0.3) is 0 Å². The minimum atomic E-state index is 0.0742. The van der Waals surface area contributed by atoms with E-state index in [-0.39, 0.29) is 11.8 Å². The zero-order chi connectivity index (χ0) is 20.3. The number of rotatable bonds is 7. The smallest absolute Gasteiger partial charge is 0.225 e. The van der Waals surface area contributed by atoms with Gasteiger partial charge >= 0.3 is 0 Å². The lowest BCUT2D eigenvalue weighted by molar-refractivity contribution is -0.136. The topological polar surface area (TPSA) is 41.6 Å². The summed E-state index contributed by atoms with van der Waals surface area (Å²) in [5, 5.41) is 3.25. The lowest BCUT2D eigenvalue weighted by atomic mass is 9.88. The van der Waals surface area contributed by atoms with Crippen molar-refractivity contribution in [2.24, 2.45) is 11.8 Å². The monoisotopic (exact) mass is 380 g/mol. The van der Waals surface area contributed by atoms with E-state index in [4.69, 9.17) is 4.74 Å². The molecule has 1 aliphatic rings. The van der Waals surface area contributed by atoms with Gasteiger partial charge in [0, 0.05) is 19.5 Å². The van der Waals surface area contributed by atoms with Gasteiger partial charge in [0.25, 0.3) is 0 Å². The van der Waals surface area contributed by atoms with Crippen LogP contribution in [-0.2, 0) is 17.9 Å². The van der Waals surface area contributed by atoms with E-state index in [2.05, 4.69) is 50.4 Å². The van der Waals surface area contributed by atoms with Crippen molar-refractivity contribution in [3.05, 3.63) is 64.2 Å². The number of hydrogen-bond acceptors (Lipinski definition) is 3. The molecule has 4 heteroatoms. The summed E-state index contributed by atoms with van der Waals surface area (Å²) in [6, 6.07) is 12.6. The van der Waals surface area contributed by atoms with E-state index < -0.39 is 0 Å². The maximum atomic E-state index is 12.7. The fourth-order valence-electron chi connectivity index (χ4n) is 3.85. The van der Waals surface area contributed by atoms with Gasteiger partial charge in [-0.3, -0.25) is 4.79 Å². The number of aryl methyl sites for hydroxylation is 3. The van der Waals surface area contributed by atoms with Crippen molar-refractivity contribution in [1.29, 1.82) is 0 Å². The zero-order valence-electron chi connectivity index (χ0n) is 17.7. The number of amides is 1. The summed E-state index contributed by atoms with van der Waals surface area (Å²) in [4.78, 5) is 14.5. The molecule has 3 rings (SSSR count). The molecule has 1 fully saturated rings. The Kier molecular flexibility index (Phi) is 6.40. The minimum Gasteiger partial charge on any atom is -0.488 e. The quantitative estimate of drug-likeness (QED) is 0.789. The normalized spacial score (nSPS) is 15.0. The van der Waals surface area contributed by atoms with Crippen molar-refractivity contribution < 1.29 is 9.53 Å². The van der Waals surface area contributed by atoms with Crippen LogP contribution in [0.4, 0.5) is 0 Å². The first-order chi connectivity index (χ1) is 13.4. The van der Waals surface area contributed by atoms with Crippen molar-refractivity contribution in [1.82, 2.24) is 10.2 Å². The Morgan fingerprint density at radius 1 is 1.14 bits per heavy atom. The van der Waals surface area contributed by atoms with E-state index in [1.54, 1.807) is 0 Å². The Morgan fingerprint density at radius 3 is 2.36 bits per heavy atom. The molecule has 1 heterocycles. The molecule has 1 atom stereocenters. The third-order valence-corrected chi connectivity index (χ3v) is 5.86. The summed E-state index contributed by atoms with van der Waals surface area (Å²) in [5.41, 5.74) is 5.81. The molecule has 2 aromatic carbocycles. The summed E-state index contributed by atoms with van der Waals surface area (Å²) in [6.45, 7) is 11.4. The Labute approximate surface area is 168 Å². The molecule has 0 saturated carbocycles. The molecule has 0 aliphatic carbocycles. The van der Waals surface area contributed by atoms with Crippen molar-refractivity contribution in [2.45, 2.75) is 40.8 Å². The average Bonchev–Trinajstić information content (AvgIpc) is 2.60. The molecule has 150 valence electrons. The first kappa shape index (κ1) is 20.4. The fraction of sp³-hybridized carbons (Fsp3) is 0.458. The second-order valence-corrected chi connectivity index (χ2v) is 8.18. The van der Waals surface area contributed by atoms with E-state index in [9.17, 15) is 4.79 Å². The van der Waals surface area contributed by atoms with Gasteiger partial charge in [0.15, 0.2) is 0 Å². The number of carbonyl (C=O) groups excluding carboxylic acids is 1. The van der Waals surface area contributed by atoms with Crippen LogP contribution in [0.5, 0.6) is 5.75 Å². The molecule has 0 spiro atoms.